The summed E-state index contributed by atoms with van der Waals surface area (Å²) in [4.78, 5) is 11.3. The fourth-order valence-corrected chi connectivity index (χ4v) is 1.26. The third-order valence-electron chi connectivity index (χ3n) is 2.26. The maximum atomic E-state index is 11.3. The van der Waals surface area contributed by atoms with Gasteiger partial charge in [0, 0.05) is 18.5 Å². The van der Waals surface area contributed by atoms with Gasteiger partial charge in [-0.2, -0.15) is 0 Å². The fourth-order valence-electron chi connectivity index (χ4n) is 1.26. The molecule has 1 fully saturated rings. The third kappa shape index (κ3) is 3.68. The molecule has 1 aliphatic rings. The summed E-state index contributed by atoms with van der Waals surface area (Å²) in [5.74, 6) is 0. The molecular formula is C10H20N2O3. The van der Waals surface area contributed by atoms with Gasteiger partial charge in [0.1, 0.15) is 5.60 Å². The molecule has 88 valence electrons. The molecule has 0 aromatic heterocycles. The second kappa shape index (κ2) is 4.37. The molecule has 15 heavy (non-hydrogen) atoms. The van der Waals surface area contributed by atoms with Crippen molar-refractivity contribution in [3.63, 3.8) is 0 Å². The summed E-state index contributed by atoms with van der Waals surface area (Å²) in [5, 5.41) is 2.71. The molecule has 5 nitrogen and oxygen atoms in total. The van der Waals surface area contributed by atoms with Crippen molar-refractivity contribution >= 4 is 6.09 Å². The van der Waals surface area contributed by atoms with Gasteiger partial charge in [-0.05, 0) is 20.8 Å². The fraction of sp³-hybridized carbons (Fsp3) is 0.900. The summed E-state index contributed by atoms with van der Waals surface area (Å²) < 4.78 is 10.2. The zero-order valence-electron chi connectivity index (χ0n) is 9.63. The number of nitrogens with two attached hydrogens (primary N) is 1. The van der Waals surface area contributed by atoms with Crippen molar-refractivity contribution in [3.05, 3.63) is 0 Å². The molecule has 0 atom stereocenters. The monoisotopic (exact) mass is 216 g/mol. The van der Waals surface area contributed by atoms with Crippen LogP contribution in [0.3, 0.4) is 0 Å². The first-order valence-corrected chi connectivity index (χ1v) is 5.12. The summed E-state index contributed by atoms with van der Waals surface area (Å²) >= 11 is 0. The van der Waals surface area contributed by atoms with Gasteiger partial charge in [-0.1, -0.05) is 0 Å². The minimum atomic E-state index is -0.462. The quantitative estimate of drug-likeness (QED) is 0.720. The smallest absolute Gasteiger partial charge is 0.407 e. The van der Waals surface area contributed by atoms with E-state index in [2.05, 4.69) is 5.32 Å². The third-order valence-corrected chi connectivity index (χ3v) is 2.26. The second-order valence-corrected chi connectivity index (χ2v) is 5.05. The lowest BCUT2D eigenvalue weighted by molar-refractivity contribution is -0.104. The Morgan fingerprint density at radius 2 is 2.13 bits per heavy atom. The van der Waals surface area contributed by atoms with E-state index < -0.39 is 11.7 Å². The van der Waals surface area contributed by atoms with Crippen LogP contribution in [0, 0.1) is 5.41 Å². The minimum absolute atomic E-state index is 0.0864. The Bertz CT molecular complexity index is 226. The molecule has 0 unspecified atom stereocenters. The van der Waals surface area contributed by atoms with E-state index in [4.69, 9.17) is 15.2 Å². The van der Waals surface area contributed by atoms with Gasteiger partial charge >= 0.3 is 6.09 Å². The van der Waals surface area contributed by atoms with E-state index in [9.17, 15) is 4.79 Å². The topological polar surface area (TPSA) is 73.6 Å². The molecule has 1 amide bonds. The Morgan fingerprint density at radius 3 is 2.47 bits per heavy atom. The predicted molar refractivity (Wildman–Crippen MR) is 56.5 cm³/mol. The second-order valence-electron chi connectivity index (χ2n) is 5.05. The summed E-state index contributed by atoms with van der Waals surface area (Å²) in [6, 6.07) is 0. The number of hydrogen-bond acceptors (Lipinski definition) is 4. The number of hydrogen-bond donors (Lipinski definition) is 2. The molecule has 1 aliphatic heterocycles. The van der Waals surface area contributed by atoms with Crippen LogP contribution < -0.4 is 11.1 Å². The van der Waals surface area contributed by atoms with E-state index in [1.165, 1.54) is 0 Å². The molecule has 0 saturated carbocycles. The summed E-state index contributed by atoms with van der Waals surface area (Å²) in [6.45, 7) is 7.74. The van der Waals surface area contributed by atoms with Crippen LogP contribution in [-0.4, -0.2) is 38.0 Å². The van der Waals surface area contributed by atoms with Gasteiger partial charge in [-0.15, -0.1) is 0 Å². The van der Waals surface area contributed by atoms with E-state index in [0.29, 0.717) is 26.3 Å². The number of ether oxygens (including phenoxy) is 2. The number of nitrogens with one attached hydrogen (secondary N) is 1. The lowest BCUT2D eigenvalue weighted by Gasteiger charge is -2.40. The van der Waals surface area contributed by atoms with Gasteiger partial charge < -0.3 is 20.5 Å². The number of amides is 1. The molecule has 3 N–H and O–H groups in total. The standard InChI is InChI=1S/C10H20N2O3/c1-9(2,3)15-8(13)12-5-10(4-11)6-14-7-10/h4-7,11H2,1-3H3,(H,12,13). The highest BCUT2D eigenvalue weighted by molar-refractivity contribution is 5.67. The molecule has 0 aromatic carbocycles. The van der Waals surface area contributed by atoms with Crippen LogP contribution in [0.2, 0.25) is 0 Å². The van der Waals surface area contributed by atoms with Crippen LogP contribution in [-0.2, 0) is 9.47 Å². The predicted octanol–water partition coefficient (Wildman–Crippen LogP) is 0.486. The van der Waals surface area contributed by atoms with Gasteiger partial charge in [-0.25, -0.2) is 4.79 Å². The molecule has 0 aliphatic carbocycles. The Morgan fingerprint density at radius 1 is 1.53 bits per heavy atom. The van der Waals surface area contributed by atoms with Crippen LogP contribution in [0.4, 0.5) is 4.79 Å². The molecule has 0 bridgehead atoms. The highest BCUT2D eigenvalue weighted by Crippen LogP contribution is 2.24. The van der Waals surface area contributed by atoms with Crippen molar-refractivity contribution in [2.75, 3.05) is 26.3 Å². The van der Waals surface area contributed by atoms with Gasteiger partial charge in [0.05, 0.1) is 13.2 Å². The van der Waals surface area contributed by atoms with Crippen LogP contribution in [0.1, 0.15) is 20.8 Å². The minimum Gasteiger partial charge on any atom is -0.444 e. The Balaban J connectivity index is 2.27. The van der Waals surface area contributed by atoms with Gasteiger partial charge in [0.25, 0.3) is 0 Å². The zero-order valence-corrected chi connectivity index (χ0v) is 9.63. The summed E-state index contributed by atoms with van der Waals surface area (Å²) in [6.07, 6.45) is -0.401. The Kier molecular flexibility index (Phi) is 3.57. The SMILES string of the molecule is CC(C)(C)OC(=O)NCC1(CN)COC1. The molecule has 0 aromatic rings. The van der Waals surface area contributed by atoms with E-state index in [1.54, 1.807) is 0 Å². The lowest BCUT2D eigenvalue weighted by atomic mass is 9.86. The van der Waals surface area contributed by atoms with Crippen molar-refractivity contribution in [2.24, 2.45) is 11.1 Å². The number of carbonyl (C=O) groups is 1. The first kappa shape index (κ1) is 12.3. The molecule has 1 heterocycles. The van der Waals surface area contributed by atoms with E-state index in [-0.39, 0.29) is 5.41 Å². The average Bonchev–Trinajstić information content (AvgIpc) is 1.99. The zero-order chi connectivity index (χ0) is 11.5. The van der Waals surface area contributed by atoms with Crippen molar-refractivity contribution < 1.29 is 14.3 Å². The molecule has 1 rings (SSSR count). The molecular weight excluding hydrogens is 196 g/mol. The highest BCUT2D eigenvalue weighted by atomic mass is 16.6. The van der Waals surface area contributed by atoms with Gasteiger partial charge in [-0.3, -0.25) is 0 Å². The number of carbonyl (C=O) groups excluding carboxylic acids is 1. The van der Waals surface area contributed by atoms with Gasteiger partial charge in [0.2, 0.25) is 0 Å². The summed E-state index contributed by atoms with van der Waals surface area (Å²) in [5.41, 5.74) is 5.06. The van der Waals surface area contributed by atoms with E-state index in [0.717, 1.165) is 0 Å². The van der Waals surface area contributed by atoms with E-state index >= 15 is 0 Å². The maximum Gasteiger partial charge on any atom is 0.407 e. The highest BCUT2D eigenvalue weighted by Gasteiger charge is 2.37. The molecule has 5 heteroatoms. The first-order valence-electron chi connectivity index (χ1n) is 5.12. The van der Waals surface area contributed by atoms with Crippen molar-refractivity contribution in [2.45, 2.75) is 26.4 Å². The van der Waals surface area contributed by atoms with E-state index in [1.807, 2.05) is 20.8 Å². The van der Waals surface area contributed by atoms with Crippen LogP contribution in [0.15, 0.2) is 0 Å². The van der Waals surface area contributed by atoms with Crippen LogP contribution >= 0.6 is 0 Å². The summed E-state index contributed by atoms with van der Waals surface area (Å²) in [7, 11) is 0. The van der Waals surface area contributed by atoms with Gasteiger partial charge in [0.15, 0.2) is 0 Å². The van der Waals surface area contributed by atoms with Crippen LogP contribution in [0.5, 0.6) is 0 Å². The Labute approximate surface area is 90.3 Å². The largest absolute Gasteiger partial charge is 0.444 e. The number of rotatable bonds is 3. The Hall–Kier alpha value is -0.810. The normalized spacial score (nSPS) is 19.2. The van der Waals surface area contributed by atoms with Crippen molar-refractivity contribution in [3.8, 4) is 0 Å². The molecule has 0 radical (unpaired) electrons. The lowest BCUT2D eigenvalue weighted by Crippen LogP contribution is -2.55. The average molecular weight is 216 g/mol. The van der Waals surface area contributed by atoms with Crippen molar-refractivity contribution in [1.29, 1.82) is 0 Å². The van der Waals surface area contributed by atoms with Crippen LogP contribution in [0.25, 0.3) is 0 Å². The first-order chi connectivity index (χ1) is 6.87. The maximum absolute atomic E-state index is 11.3. The molecule has 0 spiro atoms. The molecule has 1 saturated heterocycles. The number of alkyl carbamates (subject to hydrolysis) is 1. The van der Waals surface area contributed by atoms with Crippen molar-refractivity contribution in [1.82, 2.24) is 5.32 Å².